The van der Waals surface area contributed by atoms with Crippen LogP contribution in [0.1, 0.15) is 32.6 Å². The lowest BCUT2D eigenvalue weighted by atomic mass is 9.70. The summed E-state index contributed by atoms with van der Waals surface area (Å²) in [6, 6.07) is 0. The van der Waals surface area contributed by atoms with Crippen LogP contribution in [0.2, 0.25) is 0 Å². The summed E-state index contributed by atoms with van der Waals surface area (Å²) in [6.45, 7) is 3.01. The molecule has 0 radical (unpaired) electrons. The van der Waals surface area contributed by atoms with Crippen LogP contribution in [0.25, 0.3) is 0 Å². The normalized spacial score (nSPS) is 53.3. The molecule has 2 bridgehead atoms. The van der Waals surface area contributed by atoms with Gasteiger partial charge in [0, 0.05) is 0 Å². The standard InChI is InChI=1S/C11H16O2/c1-7-4-9-5-8(7)6-11(9)2-3-13-10(11)12/h7-9H,2-6H2,1H3. The molecule has 3 rings (SSSR count). The summed E-state index contributed by atoms with van der Waals surface area (Å²) in [5, 5.41) is 0. The van der Waals surface area contributed by atoms with E-state index in [-0.39, 0.29) is 11.4 Å². The molecule has 0 aromatic rings. The number of carbonyl (C=O) groups excluding carboxylic acids is 1. The maximum atomic E-state index is 11.7. The second-order valence-electron chi connectivity index (χ2n) is 5.15. The minimum Gasteiger partial charge on any atom is -0.465 e. The van der Waals surface area contributed by atoms with Crippen LogP contribution in [0.5, 0.6) is 0 Å². The van der Waals surface area contributed by atoms with Crippen molar-refractivity contribution in [2.75, 3.05) is 6.61 Å². The zero-order chi connectivity index (χ0) is 9.05. The molecule has 3 fully saturated rings. The van der Waals surface area contributed by atoms with Gasteiger partial charge in [-0.05, 0) is 43.4 Å². The Hall–Kier alpha value is -0.530. The molecule has 0 N–H and O–H groups in total. The first-order valence-corrected chi connectivity index (χ1v) is 5.39. The molecule has 2 heteroatoms. The van der Waals surface area contributed by atoms with Crippen molar-refractivity contribution in [3.63, 3.8) is 0 Å². The lowest BCUT2D eigenvalue weighted by molar-refractivity contribution is -0.149. The first kappa shape index (κ1) is 7.84. The van der Waals surface area contributed by atoms with Gasteiger partial charge in [0.05, 0.1) is 12.0 Å². The number of rotatable bonds is 0. The van der Waals surface area contributed by atoms with Crippen LogP contribution in [0.15, 0.2) is 0 Å². The molecule has 13 heavy (non-hydrogen) atoms. The Balaban J connectivity index is 1.92. The largest absolute Gasteiger partial charge is 0.465 e. The predicted molar refractivity (Wildman–Crippen MR) is 48.0 cm³/mol. The minimum absolute atomic E-state index is 0.0167. The summed E-state index contributed by atoms with van der Waals surface area (Å²) in [6.07, 6.45) is 4.67. The van der Waals surface area contributed by atoms with E-state index < -0.39 is 0 Å². The third kappa shape index (κ3) is 0.818. The Bertz CT molecular complexity index is 259. The average Bonchev–Trinajstić information content (AvgIpc) is 2.70. The molecular formula is C11H16O2. The highest BCUT2D eigenvalue weighted by molar-refractivity contribution is 5.79. The molecule has 4 atom stereocenters. The quantitative estimate of drug-likeness (QED) is 0.533. The summed E-state index contributed by atoms with van der Waals surface area (Å²) < 4.78 is 5.14. The van der Waals surface area contributed by atoms with Crippen molar-refractivity contribution < 1.29 is 9.53 Å². The second kappa shape index (κ2) is 2.28. The number of cyclic esters (lactones) is 1. The Kier molecular flexibility index (Phi) is 1.38. The molecule has 1 heterocycles. The molecule has 2 aliphatic carbocycles. The number of fused-ring (bicyclic) bond motifs is 3. The molecule has 2 nitrogen and oxygen atoms in total. The average molecular weight is 180 g/mol. The fraction of sp³-hybridized carbons (Fsp3) is 0.909. The fourth-order valence-electron chi connectivity index (χ4n) is 3.83. The minimum atomic E-state index is -0.0167. The first-order chi connectivity index (χ1) is 6.22. The van der Waals surface area contributed by atoms with Crippen molar-refractivity contribution in [3.8, 4) is 0 Å². The third-order valence-corrected chi connectivity index (χ3v) is 4.64. The van der Waals surface area contributed by atoms with Crippen LogP contribution in [0.3, 0.4) is 0 Å². The monoisotopic (exact) mass is 180 g/mol. The Labute approximate surface area is 78.6 Å². The molecule has 1 aliphatic heterocycles. The van der Waals surface area contributed by atoms with Crippen molar-refractivity contribution >= 4 is 5.97 Å². The van der Waals surface area contributed by atoms with E-state index in [1.807, 2.05) is 0 Å². The van der Waals surface area contributed by atoms with Crippen molar-refractivity contribution in [3.05, 3.63) is 0 Å². The zero-order valence-corrected chi connectivity index (χ0v) is 8.08. The highest BCUT2D eigenvalue weighted by atomic mass is 16.5. The van der Waals surface area contributed by atoms with Crippen molar-refractivity contribution in [2.24, 2.45) is 23.2 Å². The lowest BCUT2D eigenvalue weighted by Gasteiger charge is -2.31. The van der Waals surface area contributed by atoms with Gasteiger partial charge in [-0.2, -0.15) is 0 Å². The topological polar surface area (TPSA) is 26.3 Å². The molecule has 4 unspecified atom stereocenters. The van der Waals surface area contributed by atoms with Gasteiger partial charge in [-0.25, -0.2) is 0 Å². The van der Waals surface area contributed by atoms with Gasteiger partial charge >= 0.3 is 5.97 Å². The van der Waals surface area contributed by atoms with E-state index in [4.69, 9.17) is 4.74 Å². The number of carbonyl (C=O) groups is 1. The van der Waals surface area contributed by atoms with E-state index in [2.05, 4.69) is 6.92 Å². The fourth-order valence-corrected chi connectivity index (χ4v) is 3.83. The molecule has 1 spiro atoms. The predicted octanol–water partition coefficient (Wildman–Crippen LogP) is 1.99. The molecule has 0 aromatic heterocycles. The lowest BCUT2D eigenvalue weighted by Crippen LogP contribution is -2.34. The van der Waals surface area contributed by atoms with Gasteiger partial charge < -0.3 is 4.74 Å². The number of hydrogen-bond donors (Lipinski definition) is 0. The van der Waals surface area contributed by atoms with E-state index in [9.17, 15) is 4.79 Å². The van der Waals surface area contributed by atoms with Crippen LogP contribution >= 0.6 is 0 Å². The van der Waals surface area contributed by atoms with Gasteiger partial charge in [0.2, 0.25) is 0 Å². The van der Waals surface area contributed by atoms with Gasteiger partial charge in [0.25, 0.3) is 0 Å². The summed E-state index contributed by atoms with van der Waals surface area (Å²) in [4.78, 5) is 11.7. The van der Waals surface area contributed by atoms with E-state index >= 15 is 0 Å². The maximum Gasteiger partial charge on any atom is 0.312 e. The van der Waals surface area contributed by atoms with E-state index in [1.54, 1.807) is 0 Å². The van der Waals surface area contributed by atoms with Crippen LogP contribution < -0.4 is 0 Å². The van der Waals surface area contributed by atoms with Gasteiger partial charge in [-0.3, -0.25) is 4.79 Å². The third-order valence-electron chi connectivity index (χ3n) is 4.64. The van der Waals surface area contributed by atoms with Gasteiger partial charge in [-0.15, -0.1) is 0 Å². The molecule has 72 valence electrons. The molecule has 1 saturated heterocycles. The molecular weight excluding hydrogens is 164 g/mol. The summed E-state index contributed by atoms with van der Waals surface area (Å²) in [7, 11) is 0. The van der Waals surface area contributed by atoms with Crippen LogP contribution in [-0.4, -0.2) is 12.6 Å². The second-order valence-corrected chi connectivity index (χ2v) is 5.15. The molecule has 3 aliphatic rings. The van der Waals surface area contributed by atoms with Gasteiger partial charge in [-0.1, -0.05) is 6.92 Å². The smallest absolute Gasteiger partial charge is 0.312 e. The van der Waals surface area contributed by atoms with E-state index in [0.29, 0.717) is 12.5 Å². The highest BCUT2D eigenvalue weighted by Crippen LogP contribution is 2.61. The number of esters is 1. The number of ether oxygens (including phenoxy) is 1. The zero-order valence-electron chi connectivity index (χ0n) is 8.08. The van der Waals surface area contributed by atoms with Crippen molar-refractivity contribution in [2.45, 2.75) is 32.6 Å². The molecule has 0 aromatic carbocycles. The SMILES string of the molecule is CC1CC2CC1CC21CCOC1=O. The Morgan fingerprint density at radius 2 is 2.31 bits per heavy atom. The maximum absolute atomic E-state index is 11.7. The first-order valence-electron chi connectivity index (χ1n) is 5.39. The molecule has 2 saturated carbocycles. The Morgan fingerprint density at radius 1 is 1.46 bits per heavy atom. The van der Waals surface area contributed by atoms with E-state index in [1.165, 1.54) is 12.8 Å². The van der Waals surface area contributed by atoms with Crippen molar-refractivity contribution in [1.82, 2.24) is 0 Å². The van der Waals surface area contributed by atoms with Crippen LogP contribution in [0, 0.1) is 23.2 Å². The van der Waals surface area contributed by atoms with Crippen molar-refractivity contribution in [1.29, 1.82) is 0 Å². The highest BCUT2D eigenvalue weighted by Gasteiger charge is 2.60. The van der Waals surface area contributed by atoms with E-state index in [0.717, 1.165) is 24.7 Å². The molecule has 0 amide bonds. The summed E-state index contributed by atoms with van der Waals surface area (Å²) in [5.74, 6) is 2.44. The van der Waals surface area contributed by atoms with Gasteiger partial charge in [0.1, 0.15) is 0 Å². The van der Waals surface area contributed by atoms with Crippen LogP contribution in [-0.2, 0) is 9.53 Å². The van der Waals surface area contributed by atoms with Crippen LogP contribution in [0.4, 0.5) is 0 Å². The Morgan fingerprint density at radius 3 is 2.77 bits per heavy atom. The summed E-state index contributed by atoms with van der Waals surface area (Å²) >= 11 is 0. The van der Waals surface area contributed by atoms with Gasteiger partial charge in [0.15, 0.2) is 0 Å². The summed E-state index contributed by atoms with van der Waals surface area (Å²) in [5.41, 5.74) is -0.0167. The number of hydrogen-bond acceptors (Lipinski definition) is 2.